The smallest absolute Gasteiger partial charge is 0.223 e. The fourth-order valence-electron chi connectivity index (χ4n) is 5.73. The van der Waals surface area contributed by atoms with E-state index in [4.69, 9.17) is 0 Å². The van der Waals surface area contributed by atoms with Crippen molar-refractivity contribution in [2.75, 3.05) is 20.1 Å². The quantitative estimate of drug-likeness (QED) is 0.816. The molecule has 4 rings (SSSR count). The molecule has 3 heteroatoms. The van der Waals surface area contributed by atoms with Gasteiger partial charge in [0.25, 0.3) is 0 Å². The van der Waals surface area contributed by atoms with Gasteiger partial charge >= 0.3 is 0 Å². The first kappa shape index (κ1) is 15.3. The van der Waals surface area contributed by atoms with Gasteiger partial charge in [0.05, 0.1) is 0 Å². The second kappa shape index (κ2) is 5.91. The van der Waals surface area contributed by atoms with E-state index in [0.29, 0.717) is 23.8 Å². The number of nitrogens with zero attached hydrogens (tertiary/aromatic N) is 1. The van der Waals surface area contributed by atoms with Crippen LogP contribution < -0.4 is 5.32 Å². The van der Waals surface area contributed by atoms with Crippen LogP contribution in [0, 0.1) is 23.2 Å². The normalized spacial score (nSPS) is 37.2. The van der Waals surface area contributed by atoms with Crippen molar-refractivity contribution >= 4 is 5.91 Å². The zero-order valence-corrected chi connectivity index (χ0v) is 14.0. The molecule has 0 aliphatic heterocycles. The average Bonchev–Trinajstić information content (AvgIpc) is 2.35. The molecule has 4 bridgehead atoms. The van der Waals surface area contributed by atoms with Crippen LogP contribution in [-0.4, -0.2) is 37.0 Å². The summed E-state index contributed by atoms with van der Waals surface area (Å²) in [5.74, 6) is 3.24. The second-order valence-corrected chi connectivity index (χ2v) is 8.53. The highest BCUT2D eigenvalue weighted by Crippen LogP contribution is 2.60. The second-order valence-electron chi connectivity index (χ2n) is 8.53. The van der Waals surface area contributed by atoms with E-state index < -0.39 is 0 Å². The lowest BCUT2D eigenvalue weighted by atomic mass is 9.49. The molecule has 3 nitrogen and oxygen atoms in total. The predicted molar refractivity (Wildman–Crippen MR) is 86.0 cm³/mol. The fraction of sp³-hybridized carbons (Fsp3) is 0.944. The molecule has 1 amide bonds. The highest BCUT2D eigenvalue weighted by atomic mass is 16.2. The number of carbonyl (C=O) groups excluding carboxylic acids is 1. The van der Waals surface area contributed by atoms with Crippen LogP contribution >= 0.6 is 0 Å². The molecule has 4 aliphatic rings. The van der Waals surface area contributed by atoms with Crippen molar-refractivity contribution in [3.05, 3.63) is 0 Å². The molecule has 0 radical (unpaired) electrons. The summed E-state index contributed by atoms with van der Waals surface area (Å²) in [5, 5.41) is 3.34. The molecule has 0 spiro atoms. The molecule has 0 aromatic heterocycles. The van der Waals surface area contributed by atoms with Crippen molar-refractivity contribution < 1.29 is 4.79 Å². The lowest BCUT2D eigenvalue weighted by molar-refractivity contribution is -0.135. The van der Waals surface area contributed by atoms with Gasteiger partial charge in [-0.3, -0.25) is 4.79 Å². The SMILES string of the molecule is CC(C)NCCC(=O)N(C)CC12CC3CC(CC(C3)C1)C2. The Bertz CT molecular complexity index is 355. The third-order valence-corrected chi connectivity index (χ3v) is 6.05. The molecule has 1 N–H and O–H groups in total. The van der Waals surface area contributed by atoms with Gasteiger partial charge < -0.3 is 10.2 Å². The molecule has 0 heterocycles. The summed E-state index contributed by atoms with van der Waals surface area (Å²) in [5.41, 5.74) is 0.477. The van der Waals surface area contributed by atoms with Gasteiger partial charge in [-0.05, 0) is 61.7 Å². The van der Waals surface area contributed by atoms with Gasteiger partial charge in [-0.2, -0.15) is 0 Å². The minimum absolute atomic E-state index is 0.318. The Kier molecular flexibility index (Phi) is 4.31. The fourth-order valence-corrected chi connectivity index (χ4v) is 5.73. The largest absolute Gasteiger partial charge is 0.345 e. The first-order chi connectivity index (χ1) is 9.96. The Hall–Kier alpha value is -0.570. The summed E-state index contributed by atoms with van der Waals surface area (Å²) in [6, 6.07) is 0.464. The van der Waals surface area contributed by atoms with Crippen LogP contribution in [0.25, 0.3) is 0 Å². The van der Waals surface area contributed by atoms with Crippen LogP contribution in [0.15, 0.2) is 0 Å². The van der Waals surface area contributed by atoms with E-state index in [9.17, 15) is 4.79 Å². The highest BCUT2D eigenvalue weighted by molar-refractivity contribution is 5.76. The lowest BCUT2D eigenvalue weighted by Gasteiger charge is -2.57. The maximum absolute atomic E-state index is 12.3. The zero-order chi connectivity index (χ0) is 15.0. The molecule has 0 aromatic carbocycles. The van der Waals surface area contributed by atoms with E-state index >= 15 is 0 Å². The molecular formula is C18H32N2O. The maximum atomic E-state index is 12.3. The van der Waals surface area contributed by atoms with E-state index in [1.54, 1.807) is 0 Å². The number of hydrogen-bond acceptors (Lipinski definition) is 2. The van der Waals surface area contributed by atoms with Crippen molar-refractivity contribution in [2.24, 2.45) is 23.2 Å². The molecule has 0 atom stereocenters. The van der Waals surface area contributed by atoms with Crippen LogP contribution in [0.1, 0.15) is 58.8 Å². The molecular weight excluding hydrogens is 260 g/mol. The third-order valence-electron chi connectivity index (χ3n) is 6.05. The zero-order valence-electron chi connectivity index (χ0n) is 14.0. The number of amides is 1. The van der Waals surface area contributed by atoms with E-state index in [2.05, 4.69) is 19.2 Å². The standard InChI is InChI=1S/C18H32N2O/c1-13(2)19-5-4-17(21)20(3)12-18-9-14-6-15(10-18)8-16(7-14)11-18/h13-16,19H,4-12H2,1-3H3. The highest BCUT2D eigenvalue weighted by Gasteiger charge is 2.51. The van der Waals surface area contributed by atoms with Crippen molar-refractivity contribution in [3.8, 4) is 0 Å². The van der Waals surface area contributed by atoms with Gasteiger partial charge in [0.1, 0.15) is 0 Å². The van der Waals surface area contributed by atoms with Gasteiger partial charge in [-0.25, -0.2) is 0 Å². The van der Waals surface area contributed by atoms with Crippen LogP contribution in [0.5, 0.6) is 0 Å². The number of hydrogen-bond donors (Lipinski definition) is 1. The Morgan fingerprint density at radius 2 is 1.67 bits per heavy atom. The first-order valence-corrected chi connectivity index (χ1v) is 8.93. The minimum Gasteiger partial charge on any atom is -0.345 e. The van der Waals surface area contributed by atoms with Gasteiger partial charge in [0.15, 0.2) is 0 Å². The number of rotatable bonds is 6. The van der Waals surface area contributed by atoms with Crippen molar-refractivity contribution in [3.63, 3.8) is 0 Å². The predicted octanol–water partition coefficient (Wildman–Crippen LogP) is 3.05. The first-order valence-electron chi connectivity index (χ1n) is 8.93. The summed E-state index contributed by atoms with van der Waals surface area (Å²) in [7, 11) is 2.02. The molecule has 4 aliphatic carbocycles. The monoisotopic (exact) mass is 292 g/mol. The Balaban J connectivity index is 1.52. The summed E-state index contributed by atoms with van der Waals surface area (Å²) < 4.78 is 0. The van der Waals surface area contributed by atoms with Crippen molar-refractivity contribution in [2.45, 2.75) is 64.8 Å². The molecule has 0 aromatic rings. The van der Waals surface area contributed by atoms with Gasteiger partial charge in [0.2, 0.25) is 5.91 Å². The summed E-state index contributed by atoms with van der Waals surface area (Å²) in [6.07, 6.45) is 9.25. The van der Waals surface area contributed by atoms with E-state index in [-0.39, 0.29) is 0 Å². The van der Waals surface area contributed by atoms with Crippen LogP contribution in [-0.2, 0) is 4.79 Å². The van der Waals surface area contributed by atoms with Gasteiger partial charge in [-0.15, -0.1) is 0 Å². The molecule has 0 saturated heterocycles. The molecule has 0 unspecified atom stereocenters. The number of carbonyl (C=O) groups is 1. The maximum Gasteiger partial charge on any atom is 0.223 e. The molecule has 21 heavy (non-hydrogen) atoms. The summed E-state index contributed by atoms with van der Waals surface area (Å²) >= 11 is 0. The van der Waals surface area contributed by atoms with Gasteiger partial charge in [-0.1, -0.05) is 13.8 Å². The topological polar surface area (TPSA) is 32.3 Å². The Morgan fingerprint density at radius 1 is 1.14 bits per heavy atom. The molecule has 4 fully saturated rings. The van der Waals surface area contributed by atoms with Crippen molar-refractivity contribution in [1.82, 2.24) is 10.2 Å². The Labute approximate surface area is 129 Å². The molecule has 120 valence electrons. The summed E-state index contributed by atoms with van der Waals surface area (Å²) in [4.78, 5) is 14.4. The third kappa shape index (κ3) is 3.44. The van der Waals surface area contributed by atoms with E-state index in [1.165, 1.54) is 38.5 Å². The molecule has 4 saturated carbocycles. The van der Waals surface area contributed by atoms with Crippen LogP contribution in [0.3, 0.4) is 0 Å². The average molecular weight is 292 g/mol. The van der Waals surface area contributed by atoms with Crippen LogP contribution in [0.2, 0.25) is 0 Å². The van der Waals surface area contributed by atoms with Crippen molar-refractivity contribution in [1.29, 1.82) is 0 Å². The summed E-state index contributed by atoms with van der Waals surface area (Å²) in [6.45, 7) is 6.08. The van der Waals surface area contributed by atoms with E-state index in [1.807, 2.05) is 11.9 Å². The Morgan fingerprint density at radius 3 is 2.14 bits per heavy atom. The van der Waals surface area contributed by atoms with E-state index in [0.717, 1.165) is 30.8 Å². The van der Waals surface area contributed by atoms with Gasteiger partial charge in [0, 0.05) is 32.6 Å². The number of nitrogens with one attached hydrogen (secondary N) is 1. The minimum atomic E-state index is 0.318. The lowest BCUT2D eigenvalue weighted by Crippen LogP contribution is -2.51. The van der Waals surface area contributed by atoms with Crippen LogP contribution in [0.4, 0.5) is 0 Å².